The van der Waals surface area contributed by atoms with Crippen molar-refractivity contribution < 1.29 is 14.3 Å². The van der Waals surface area contributed by atoms with Gasteiger partial charge in [0.2, 0.25) is 0 Å². The number of likely N-dealkylation sites (tertiary alicyclic amines) is 2. The van der Waals surface area contributed by atoms with Crippen molar-refractivity contribution >= 4 is 11.8 Å². The van der Waals surface area contributed by atoms with Gasteiger partial charge in [0.25, 0.3) is 11.8 Å². The molecule has 5 rings (SSSR count). The maximum atomic E-state index is 13.3. The van der Waals surface area contributed by atoms with Crippen LogP contribution < -0.4 is 4.74 Å². The molecule has 2 saturated heterocycles. The van der Waals surface area contributed by atoms with Crippen LogP contribution >= 0.6 is 0 Å². The first-order valence-electron chi connectivity index (χ1n) is 11.7. The zero-order valence-corrected chi connectivity index (χ0v) is 18.8. The van der Waals surface area contributed by atoms with Crippen molar-refractivity contribution in [3.8, 4) is 5.75 Å². The van der Waals surface area contributed by atoms with Crippen LogP contribution in [0.3, 0.4) is 0 Å². The van der Waals surface area contributed by atoms with Gasteiger partial charge in [-0.25, -0.2) is 0 Å². The number of carbonyl (C=O) groups excluding carboxylic acids is 2. The highest BCUT2D eigenvalue weighted by Gasteiger charge is 2.35. The number of fused-ring (bicyclic) bond motifs is 1. The SMILES string of the molecule is COc1ccc(C(=O)N2CCc3cc(C(=O)N4CCCC4N4CCCC4)ccc3C2)cc1. The molecular weight excluding hydrogens is 402 g/mol. The normalized spacial score (nSPS) is 21.0. The highest BCUT2D eigenvalue weighted by molar-refractivity contribution is 5.96. The fraction of sp³-hybridized carbons (Fsp3) is 0.462. The van der Waals surface area contributed by atoms with Gasteiger partial charge in [-0.3, -0.25) is 14.5 Å². The molecule has 168 valence electrons. The first-order valence-corrected chi connectivity index (χ1v) is 11.7. The number of methoxy groups -OCH3 is 1. The maximum Gasteiger partial charge on any atom is 0.255 e. The summed E-state index contributed by atoms with van der Waals surface area (Å²) >= 11 is 0. The second kappa shape index (κ2) is 8.94. The molecule has 2 aromatic rings. The zero-order chi connectivity index (χ0) is 22.1. The molecule has 6 heteroatoms. The molecule has 0 aromatic heterocycles. The van der Waals surface area contributed by atoms with Crippen molar-refractivity contribution in [1.82, 2.24) is 14.7 Å². The van der Waals surface area contributed by atoms with Crippen molar-refractivity contribution in [1.29, 1.82) is 0 Å². The van der Waals surface area contributed by atoms with E-state index in [0.717, 1.165) is 55.8 Å². The van der Waals surface area contributed by atoms with Gasteiger partial charge in [0.1, 0.15) is 5.75 Å². The number of benzene rings is 2. The second-order valence-electron chi connectivity index (χ2n) is 9.05. The lowest BCUT2D eigenvalue weighted by Crippen LogP contribution is -2.46. The Balaban J connectivity index is 1.28. The smallest absolute Gasteiger partial charge is 0.255 e. The van der Waals surface area contributed by atoms with Gasteiger partial charge in [0.15, 0.2) is 0 Å². The summed E-state index contributed by atoms with van der Waals surface area (Å²) in [4.78, 5) is 32.7. The predicted molar refractivity (Wildman–Crippen MR) is 123 cm³/mol. The van der Waals surface area contributed by atoms with Crippen molar-refractivity contribution in [2.75, 3.05) is 33.3 Å². The quantitative estimate of drug-likeness (QED) is 0.740. The van der Waals surface area contributed by atoms with E-state index in [1.54, 1.807) is 7.11 Å². The van der Waals surface area contributed by atoms with Gasteiger partial charge in [0.05, 0.1) is 13.3 Å². The summed E-state index contributed by atoms with van der Waals surface area (Å²) in [6.45, 7) is 4.30. The van der Waals surface area contributed by atoms with Gasteiger partial charge in [-0.1, -0.05) is 6.07 Å². The Hall–Kier alpha value is -2.86. The van der Waals surface area contributed by atoms with E-state index in [0.29, 0.717) is 18.7 Å². The van der Waals surface area contributed by atoms with Crippen LogP contribution in [-0.4, -0.2) is 66.0 Å². The molecular formula is C26H31N3O3. The molecule has 0 aliphatic carbocycles. The first kappa shape index (κ1) is 21.0. The van der Waals surface area contributed by atoms with E-state index in [-0.39, 0.29) is 18.0 Å². The van der Waals surface area contributed by atoms with E-state index in [2.05, 4.69) is 15.9 Å². The van der Waals surface area contributed by atoms with Gasteiger partial charge in [0, 0.05) is 43.9 Å². The lowest BCUT2D eigenvalue weighted by atomic mass is 9.96. The third-order valence-corrected chi connectivity index (χ3v) is 7.13. The number of hydrogen-bond acceptors (Lipinski definition) is 4. The minimum absolute atomic E-state index is 0.0315. The number of hydrogen-bond donors (Lipinski definition) is 0. The van der Waals surface area contributed by atoms with Gasteiger partial charge >= 0.3 is 0 Å². The summed E-state index contributed by atoms with van der Waals surface area (Å²) in [6, 6.07) is 13.3. The molecule has 1 atom stereocenters. The van der Waals surface area contributed by atoms with E-state index in [1.807, 2.05) is 41.3 Å². The molecule has 2 amide bonds. The predicted octanol–water partition coefficient (Wildman–Crippen LogP) is 3.55. The second-order valence-corrected chi connectivity index (χ2v) is 9.05. The Kier molecular flexibility index (Phi) is 5.87. The van der Waals surface area contributed by atoms with Crippen molar-refractivity contribution in [2.45, 2.75) is 44.8 Å². The van der Waals surface area contributed by atoms with E-state index >= 15 is 0 Å². The summed E-state index contributed by atoms with van der Waals surface area (Å²) in [6.07, 6.45) is 5.68. The van der Waals surface area contributed by atoms with Crippen LogP contribution in [0.1, 0.15) is 57.5 Å². The summed E-state index contributed by atoms with van der Waals surface area (Å²) in [5, 5.41) is 0. The molecule has 3 aliphatic heterocycles. The summed E-state index contributed by atoms with van der Waals surface area (Å²) < 4.78 is 5.19. The van der Waals surface area contributed by atoms with Crippen LogP contribution in [0.25, 0.3) is 0 Å². The largest absolute Gasteiger partial charge is 0.497 e. The molecule has 0 saturated carbocycles. The molecule has 1 unspecified atom stereocenters. The maximum absolute atomic E-state index is 13.3. The minimum Gasteiger partial charge on any atom is -0.497 e. The third kappa shape index (κ3) is 3.99. The molecule has 0 spiro atoms. The summed E-state index contributed by atoms with van der Waals surface area (Å²) in [5.41, 5.74) is 3.77. The van der Waals surface area contributed by atoms with E-state index < -0.39 is 0 Å². The molecule has 0 bridgehead atoms. The molecule has 2 aromatic carbocycles. The lowest BCUT2D eigenvalue weighted by molar-refractivity contribution is 0.0530. The van der Waals surface area contributed by atoms with Crippen LogP contribution in [0.5, 0.6) is 5.75 Å². The van der Waals surface area contributed by atoms with Crippen LogP contribution in [0.4, 0.5) is 0 Å². The Morgan fingerprint density at radius 1 is 0.844 bits per heavy atom. The average Bonchev–Trinajstić information content (AvgIpc) is 3.54. The van der Waals surface area contributed by atoms with Crippen LogP contribution in [0, 0.1) is 0 Å². The highest BCUT2D eigenvalue weighted by atomic mass is 16.5. The standard InChI is InChI=1S/C26H31N3O3/c1-32-23-10-8-19(9-11-23)25(30)28-16-12-20-17-21(6-7-22(20)18-28)26(31)29-15-4-5-24(29)27-13-2-3-14-27/h6-11,17,24H,2-5,12-16,18H2,1H3. The number of ether oxygens (including phenoxy) is 1. The molecule has 3 aliphatic rings. The molecule has 32 heavy (non-hydrogen) atoms. The Bertz CT molecular complexity index is 998. The molecule has 0 N–H and O–H groups in total. The van der Waals surface area contributed by atoms with Gasteiger partial charge < -0.3 is 14.5 Å². The van der Waals surface area contributed by atoms with Gasteiger partial charge in [-0.2, -0.15) is 0 Å². The minimum atomic E-state index is 0.0315. The fourth-order valence-corrected chi connectivity index (χ4v) is 5.35. The molecule has 6 nitrogen and oxygen atoms in total. The number of nitrogens with zero attached hydrogens (tertiary/aromatic N) is 3. The number of amides is 2. The molecule has 3 heterocycles. The lowest BCUT2D eigenvalue weighted by Gasteiger charge is -2.33. The third-order valence-electron chi connectivity index (χ3n) is 7.13. The van der Waals surface area contributed by atoms with E-state index in [9.17, 15) is 9.59 Å². The van der Waals surface area contributed by atoms with Gasteiger partial charge in [-0.15, -0.1) is 0 Å². The monoisotopic (exact) mass is 433 g/mol. The van der Waals surface area contributed by atoms with Crippen LogP contribution in [0.2, 0.25) is 0 Å². The Labute approximate surface area is 189 Å². The number of rotatable bonds is 4. The fourth-order valence-electron chi connectivity index (χ4n) is 5.35. The molecule has 0 radical (unpaired) electrons. The zero-order valence-electron chi connectivity index (χ0n) is 18.8. The van der Waals surface area contributed by atoms with Crippen LogP contribution in [0.15, 0.2) is 42.5 Å². The molecule has 2 fully saturated rings. The van der Waals surface area contributed by atoms with E-state index in [4.69, 9.17) is 4.74 Å². The average molecular weight is 434 g/mol. The van der Waals surface area contributed by atoms with Crippen molar-refractivity contribution in [3.63, 3.8) is 0 Å². The Morgan fingerprint density at radius 3 is 2.34 bits per heavy atom. The number of carbonyl (C=O) groups is 2. The first-order chi connectivity index (χ1) is 15.6. The summed E-state index contributed by atoms with van der Waals surface area (Å²) in [7, 11) is 1.62. The topological polar surface area (TPSA) is 53.1 Å². The highest BCUT2D eigenvalue weighted by Crippen LogP contribution is 2.28. The van der Waals surface area contributed by atoms with Gasteiger partial charge in [-0.05, 0) is 79.6 Å². The van der Waals surface area contributed by atoms with Crippen molar-refractivity contribution in [3.05, 3.63) is 64.7 Å². The summed E-state index contributed by atoms with van der Waals surface area (Å²) in [5.74, 6) is 0.927. The van der Waals surface area contributed by atoms with Crippen LogP contribution in [-0.2, 0) is 13.0 Å². The van der Waals surface area contributed by atoms with E-state index in [1.165, 1.54) is 18.4 Å². The van der Waals surface area contributed by atoms with Crippen molar-refractivity contribution in [2.24, 2.45) is 0 Å². The Morgan fingerprint density at radius 2 is 1.59 bits per heavy atom.